The zero-order valence-electron chi connectivity index (χ0n) is 18.7. The van der Waals surface area contributed by atoms with E-state index in [1.807, 2.05) is 18.2 Å². The highest BCUT2D eigenvalue weighted by atomic mass is 32.2. The van der Waals surface area contributed by atoms with E-state index in [1.54, 1.807) is 48.2 Å². The molecule has 0 spiro atoms. The number of carbonyl (C=O) groups excluding carboxylic acids is 2. The van der Waals surface area contributed by atoms with Crippen molar-refractivity contribution >= 4 is 29.4 Å². The summed E-state index contributed by atoms with van der Waals surface area (Å²) in [5, 5.41) is 10.1. The van der Waals surface area contributed by atoms with E-state index in [9.17, 15) is 14.9 Å². The molecule has 170 valence electrons. The topological polar surface area (TPSA) is 106 Å². The Balaban J connectivity index is 2.39. The number of thioether (sulfide) groups is 1. The number of esters is 2. The average molecular weight is 464 g/mol. The second-order valence-electron chi connectivity index (χ2n) is 7.15. The number of nitriles is 1. The van der Waals surface area contributed by atoms with Gasteiger partial charge in [-0.25, -0.2) is 9.59 Å². The summed E-state index contributed by atoms with van der Waals surface area (Å²) >= 11 is 1.59. The zero-order valence-corrected chi connectivity index (χ0v) is 19.5. The highest BCUT2D eigenvalue weighted by molar-refractivity contribution is 7.99. The Bertz CT molecular complexity index is 1150. The van der Waals surface area contributed by atoms with Gasteiger partial charge in [0.25, 0.3) is 0 Å². The van der Waals surface area contributed by atoms with E-state index < -0.39 is 17.9 Å². The number of carbonyl (C=O) groups is 2. The van der Waals surface area contributed by atoms with E-state index in [1.165, 1.54) is 19.1 Å². The van der Waals surface area contributed by atoms with Gasteiger partial charge < -0.3 is 15.2 Å². The lowest BCUT2D eigenvalue weighted by Crippen LogP contribution is -2.41. The Morgan fingerprint density at radius 2 is 1.70 bits per heavy atom. The molecule has 0 bridgehead atoms. The quantitative estimate of drug-likeness (QED) is 0.484. The summed E-state index contributed by atoms with van der Waals surface area (Å²) in [5.41, 5.74) is 7.84. The number of hydrogen-bond acceptors (Lipinski definition) is 8. The van der Waals surface area contributed by atoms with Crippen molar-refractivity contribution < 1.29 is 19.1 Å². The number of nitrogens with two attached hydrogens (primary N) is 1. The molecule has 0 aliphatic carbocycles. The van der Waals surface area contributed by atoms with Gasteiger partial charge in [0.15, 0.2) is 0 Å². The Hall–Kier alpha value is -3.70. The second-order valence-corrected chi connectivity index (χ2v) is 8.29. The van der Waals surface area contributed by atoms with Crippen LogP contribution in [0.4, 0.5) is 5.69 Å². The first-order valence-corrected chi connectivity index (χ1v) is 11.4. The van der Waals surface area contributed by atoms with Crippen LogP contribution in [0, 0.1) is 11.3 Å². The summed E-state index contributed by atoms with van der Waals surface area (Å²) in [5.74, 6) is -1.49. The second kappa shape index (κ2) is 10.7. The van der Waals surface area contributed by atoms with E-state index in [-0.39, 0.29) is 22.7 Å². The van der Waals surface area contributed by atoms with Crippen LogP contribution in [-0.2, 0) is 19.1 Å². The molecular weight excluding hydrogens is 438 g/mol. The Morgan fingerprint density at radius 3 is 2.30 bits per heavy atom. The van der Waals surface area contributed by atoms with Crippen LogP contribution in [0.2, 0.25) is 0 Å². The summed E-state index contributed by atoms with van der Waals surface area (Å²) in [6.45, 7) is 2.07. The van der Waals surface area contributed by atoms with E-state index in [4.69, 9.17) is 15.2 Å². The van der Waals surface area contributed by atoms with Gasteiger partial charge in [-0.05, 0) is 29.9 Å². The number of rotatable bonds is 7. The smallest absolute Gasteiger partial charge is 0.355 e. The number of para-hydroxylation sites is 1. The molecule has 2 N–H and O–H groups in total. The van der Waals surface area contributed by atoms with Crippen molar-refractivity contribution in [3.8, 4) is 6.07 Å². The fourth-order valence-electron chi connectivity index (χ4n) is 3.74. The van der Waals surface area contributed by atoms with Crippen molar-refractivity contribution in [2.75, 3.05) is 24.9 Å². The van der Waals surface area contributed by atoms with Gasteiger partial charge in [-0.1, -0.05) is 49.4 Å². The third-order valence-electron chi connectivity index (χ3n) is 5.18. The lowest BCUT2D eigenvalue weighted by atomic mass is 9.81. The van der Waals surface area contributed by atoms with E-state index >= 15 is 0 Å². The van der Waals surface area contributed by atoms with E-state index in [0.717, 1.165) is 17.1 Å². The highest BCUT2D eigenvalue weighted by Crippen LogP contribution is 2.45. The average Bonchev–Trinajstić information content (AvgIpc) is 2.86. The van der Waals surface area contributed by atoms with Gasteiger partial charge in [0.2, 0.25) is 0 Å². The molecule has 7 nitrogen and oxygen atoms in total. The maximum atomic E-state index is 13.1. The summed E-state index contributed by atoms with van der Waals surface area (Å²) in [6, 6.07) is 18.5. The molecule has 3 rings (SSSR count). The Morgan fingerprint density at radius 1 is 1.06 bits per heavy atom. The standard InChI is InChI=1S/C25H25N3O4S/c1-4-14-33-19-13-9-8-12-18(19)28-22(25(30)32-3)21(24(29)31-2)20(17(15-26)23(28)27)16-10-6-5-7-11-16/h5-13,20H,4,14,27H2,1-3H3. The molecular formula is C25H25N3O4S. The predicted octanol–water partition coefficient (Wildman–Crippen LogP) is 4.09. The van der Waals surface area contributed by atoms with Crippen molar-refractivity contribution in [2.45, 2.75) is 24.2 Å². The molecule has 1 aliphatic heterocycles. The van der Waals surface area contributed by atoms with Crippen LogP contribution >= 0.6 is 11.8 Å². The number of benzene rings is 2. The summed E-state index contributed by atoms with van der Waals surface area (Å²) in [6.07, 6.45) is 0.941. The van der Waals surface area contributed by atoms with Crippen molar-refractivity contribution in [3.63, 3.8) is 0 Å². The number of hydrogen-bond donors (Lipinski definition) is 1. The summed E-state index contributed by atoms with van der Waals surface area (Å²) in [4.78, 5) is 28.5. The van der Waals surface area contributed by atoms with Crippen LogP contribution in [-0.4, -0.2) is 31.9 Å². The molecule has 1 atom stereocenters. The van der Waals surface area contributed by atoms with Gasteiger partial charge >= 0.3 is 11.9 Å². The molecule has 2 aromatic rings. The van der Waals surface area contributed by atoms with Gasteiger partial charge in [-0.3, -0.25) is 4.90 Å². The van der Waals surface area contributed by atoms with Crippen LogP contribution in [0.1, 0.15) is 24.8 Å². The monoisotopic (exact) mass is 463 g/mol. The fourth-order valence-corrected chi connectivity index (χ4v) is 4.65. The number of ether oxygens (including phenoxy) is 2. The molecule has 0 radical (unpaired) electrons. The molecule has 0 amide bonds. The number of methoxy groups -OCH3 is 2. The van der Waals surface area contributed by atoms with Crippen molar-refractivity contribution in [2.24, 2.45) is 5.73 Å². The third-order valence-corrected chi connectivity index (χ3v) is 6.45. The molecule has 1 unspecified atom stereocenters. The van der Waals surface area contributed by atoms with Gasteiger partial charge in [-0.15, -0.1) is 11.8 Å². The largest absolute Gasteiger partial charge is 0.466 e. The first kappa shape index (κ1) is 24.0. The van der Waals surface area contributed by atoms with Crippen LogP contribution in [0.5, 0.6) is 0 Å². The molecule has 1 aliphatic rings. The molecule has 0 saturated carbocycles. The summed E-state index contributed by atoms with van der Waals surface area (Å²) < 4.78 is 10.1. The normalized spacial score (nSPS) is 15.8. The van der Waals surface area contributed by atoms with Crippen molar-refractivity contribution in [1.29, 1.82) is 5.26 Å². The lowest BCUT2D eigenvalue weighted by molar-refractivity contribution is -0.139. The first-order valence-electron chi connectivity index (χ1n) is 10.4. The lowest BCUT2D eigenvalue weighted by Gasteiger charge is -2.36. The Kier molecular flexibility index (Phi) is 7.80. The first-order chi connectivity index (χ1) is 16.0. The molecule has 2 aromatic carbocycles. The minimum Gasteiger partial charge on any atom is -0.466 e. The Labute approximate surface area is 197 Å². The number of allylic oxidation sites excluding steroid dienone is 1. The summed E-state index contributed by atoms with van der Waals surface area (Å²) in [7, 11) is 2.47. The minimum absolute atomic E-state index is 0.00315. The van der Waals surface area contributed by atoms with E-state index in [0.29, 0.717) is 11.3 Å². The van der Waals surface area contributed by atoms with Crippen LogP contribution in [0.25, 0.3) is 0 Å². The van der Waals surface area contributed by atoms with Crippen LogP contribution in [0.3, 0.4) is 0 Å². The third kappa shape index (κ3) is 4.59. The van der Waals surface area contributed by atoms with Gasteiger partial charge in [0.05, 0.1) is 43.0 Å². The zero-order chi connectivity index (χ0) is 24.0. The SMILES string of the molecule is CCCSc1ccccc1N1C(N)=C(C#N)C(c2ccccc2)C(C(=O)OC)=C1C(=O)OC. The maximum Gasteiger partial charge on any atom is 0.355 e. The van der Waals surface area contributed by atoms with Gasteiger partial charge in [-0.2, -0.15) is 5.26 Å². The van der Waals surface area contributed by atoms with Crippen molar-refractivity contribution in [3.05, 3.63) is 82.8 Å². The highest BCUT2D eigenvalue weighted by Gasteiger charge is 2.43. The molecule has 0 aromatic heterocycles. The molecule has 33 heavy (non-hydrogen) atoms. The van der Waals surface area contributed by atoms with Crippen LogP contribution in [0.15, 0.2) is 82.2 Å². The van der Waals surface area contributed by atoms with Crippen molar-refractivity contribution in [1.82, 2.24) is 0 Å². The molecule has 8 heteroatoms. The van der Waals surface area contributed by atoms with Gasteiger partial charge in [0, 0.05) is 4.90 Å². The van der Waals surface area contributed by atoms with Crippen LogP contribution < -0.4 is 10.6 Å². The van der Waals surface area contributed by atoms with Gasteiger partial charge in [0.1, 0.15) is 11.5 Å². The minimum atomic E-state index is -0.885. The number of anilines is 1. The molecule has 0 saturated heterocycles. The molecule has 0 fully saturated rings. The molecule has 1 heterocycles. The fraction of sp³-hybridized carbons (Fsp3) is 0.240. The van der Waals surface area contributed by atoms with E-state index in [2.05, 4.69) is 13.0 Å². The predicted molar refractivity (Wildman–Crippen MR) is 127 cm³/mol. The number of nitrogens with zero attached hydrogens (tertiary/aromatic N) is 2. The maximum absolute atomic E-state index is 13.1.